The first-order valence-electron chi connectivity index (χ1n) is 9.15. The lowest BCUT2D eigenvalue weighted by Gasteiger charge is -2.20. The quantitative estimate of drug-likeness (QED) is 0.580. The molecule has 3 nitrogen and oxygen atoms in total. The number of amides is 1. The van der Waals surface area contributed by atoms with Gasteiger partial charge in [-0.05, 0) is 34.9 Å². The van der Waals surface area contributed by atoms with Gasteiger partial charge in [-0.1, -0.05) is 72.8 Å². The molecule has 0 saturated heterocycles. The molecule has 1 heterocycles. The lowest BCUT2D eigenvalue weighted by atomic mass is 9.98. The van der Waals surface area contributed by atoms with Gasteiger partial charge in [-0.2, -0.15) is 5.10 Å². The highest BCUT2D eigenvalue weighted by molar-refractivity contribution is 6.04. The van der Waals surface area contributed by atoms with Gasteiger partial charge in [0.1, 0.15) is 5.82 Å². The molecule has 0 bridgehead atoms. The molecule has 138 valence electrons. The van der Waals surface area contributed by atoms with Crippen molar-refractivity contribution in [1.29, 1.82) is 0 Å². The predicted octanol–water partition coefficient (Wildman–Crippen LogP) is 5.22. The minimum atomic E-state index is -0.291. The van der Waals surface area contributed by atoms with E-state index in [1.165, 1.54) is 17.1 Å². The fourth-order valence-corrected chi connectivity index (χ4v) is 3.27. The third-order valence-corrected chi connectivity index (χ3v) is 4.72. The Morgan fingerprint density at radius 1 is 0.929 bits per heavy atom. The van der Waals surface area contributed by atoms with Crippen LogP contribution in [-0.2, 0) is 4.79 Å². The maximum atomic E-state index is 13.3. The maximum Gasteiger partial charge on any atom is 0.267 e. The number of hydrogen-bond acceptors (Lipinski definition) is 2. The van der Waals surface area contributed by atoms with Crippen LogP contribution in [0.1, 0.15) is 29.2 Å². The number of carbonyl (C=O) groups excluding carboxylic acids is 1. The Hall–Kier alpha value is -3.53. The van der Waals surface area contributed by atoms with Gasteiger partial charge in [0.25, 0.3) is 5.91 Å². The second-order valence-corrected chi connectivity index (χ2v) is 6.61. The van der Waals surface area contributed by atoms with Crippen LogP contribution in [0.15, 0.2) is 96.1 Å². The molecule has 1 unspecified atom stereocenters. The lowest BCUT2D eigenvalue weighted by molar-refractivity contribution is -0.127. The number of carbonyl (C=O) groups is 1. The summed E-state index contributed by atoms with van der Waals surface area (Å²) in [4.78, 5) is 12.9. The van der Waals surface area contributed by atoms with E-state index in [1.807, 2.05) is 60.7 Å². The molecule has 0 N–H and O–H groups in total. The minimum Gasteiger partial charge on any atom is -0.268 e. The van der Waals surface area contributed by atoms with Gasteiger partial charge in [0.15, 0.2) is 0 Å². The summed E-state index contributed by atoms with van der Waals surface area (Å²) >= 11 is 0. The van der Waals surface area contributed by atoms with Crippen molar-refractivity contribution in [1.82, 2.24) is 5.01 Å². The lowest BCUT2D eigenvalue weighted by Crippen LogP contribution is -2.25. The zero-order valence-electron chi connectivity index (χ0n) is 15.2. The Labute approximate surface area is 163 Å². The maximum absolute atomic E-state index is 13.3. The second kappa shape index (κ2) is 8.01. The summed E-state index contributed by atoms with van der Waals surface area (Å²) in [5.41, 5.74) is 3.57. The van der Waals surface area contributed by atoms with Crippen LogP contribution in [0.4, 0.5) is 4.39 Å². The number of hydrogen-bond donors (Lipinski definition) is 0. The van der Waals surface area contributed by atoms with Gasteiger partial charge < -0.3 is 0 Å². The van der Waals surface area contributed by atoms with E-state index in [0.717, 1.165) is 22.4 Å². The number of benzene rings is 3. The van der Waals surface area contributed by atoms with Crippen LogP contribution < -0.4 is 0 Å². The van der Waals surface area contributed by atoms with Crippen molar-refractivity contribution in [2.45, 2.75) is 12.5 Å². The van der Waals surface area contributed by atoms with Crippen LogP contribution in [0.25, 0.3) is 6.08 Å². The summed E-state index contributed by atoms with van der Waals surface area (Å²) in [5.74, 6) is -0.476. The van der Waals surface area contributed by atoms with Gasteiger partial charge >= 0.3 is 0 Å². The molecule has 1 aliphatic heterocycles. The molecule has 0 aromatic heterocycles. The van der Waals surface area contributed by atoms with E-state index in [0.29, 0.717) is 6.42 Å². The Morgan fingerprint density at radius 2 is 1.57 bits per heavy atom. The molecule has 0 aliphatic carbocycles. The Kier molecular flexibility index (Phi) is 5.11. The molecule has 1 amide bonds. The molecule has 0 spiro atoms. The molecule has 3 aromatic carbocycles. The van der Waals surface area contributed by atoms with Crippen LogP contribution in [0.2, 0.25) is 0 Å². The summed E-state index contributed by atoms with van der Waals surface area (Å²) in [7, 11) is 0. The van der Waals surface area contributed by atoms with E-state index in [9.17, 15) is 9.18 Å². The monoisotopic (exact) mass is 370 g/mol. The molecule has 3 aromatic rings. The third kappa shape index (κ3) is 3.91. The van der Waals surface area contributed by atoms with Gasteiger partial charge in [-0.3, -0.25) is 4.79 Å². The van der Waals surface area contributed by atoms with Crippen molar-refractivity contribution in [3.63, 3.8) is 0 Å². The van der Waals surface area contributed by atoms with Crippen LogP contribution >= 0.6 is 0 Å². The van der Waals surface area contributed by atoms with Crippen molar-refractivity contribution in [2.75, 3.05) is 0 Å². The van der Waals surface area contributed by atoms with Gasteiger partial charge in [0.2, 0.25) is 0 Å². The van der Waals surface area contributed by atoms with E-state index in [-0.39, 0.29) is 17.8 Å². The van der Waals surface area contributed by atoms with E-state index in [1.54, 1.807) is 24.3 Å². The van der Waals surface area contributed by atoms with E-state index >= 15 is 0 Å². The molecular formula is C24H19FN2O. The van der Waals surface area contributed by atoms with Gasteiger partial charge in [-0.25, -0.2) is 9.40 Å². The number of hydrazone groups is 1. The summed E-state index contributed by atoms with van der Waals surface area (Å²) in [5, 5.41) is 6.11. The van der Waals surface area contributed by atoms with Gasteiger partial charge in [0.05, 0.1) is 11.8 Å². The van der Waals surface area contributed by atoms with Crippen molar-refractivity contribution >= 4 is 17.7 Å². The first-order valence-corrected chi connectivity index (χ1v) is 9.15. The summed E-state index contributed by atoms with van der Waals surface area (Å²) in [6, 6.07) is 25.5. The largest absolute Gasteiger partial charge is 0.268 e. The molecule has 4 rings (SSSR count). The summed E-state index contributed by atoms with van der Waals surface area (Å²) in [6.45, 7) is 0. The molecule has 28 heavy (non-hydrogen) atoms. The first-order chi connectivity index (χ1) is 13.7. The molecule has 1 atom stereocenters. The van der Waals surface area contributed by atoms with Crippen molar-refractivity contribution < 1.29 is 9.18 Å². The van der Waals surface area contributed by atoms with Crippen LogP contribution in [0.5, 0.6) is 0 Å². The number of rotatable bonds is 4. The van der Waals surface area contributed by atoms with Crippen LogP contribution in [-0.4, -0.2) is 16.6 Å². The smallest absolute Gasteiger partial charge is 0.267 e. The fourth-order valence-electron chi connectivity index (χ4n) is 3.27. The zero-order chi connectivity index (χ0) is 19.3. The van der Waals surface area contributed by atoms with Crippen LogP contribution in [0, 0.1) is 5.82 Å². The average Bonchev–Trinajstić information content (AvgIpc) is 3.19. The second-order valence-electron chi connectivity index (χ2n) is 6.61. The zero-order valence-corrected chi connectivity index (χ0v) is 15.2. The Balaban J connectivity index is 1.64. The van der Waals surface area contributed by atoms with Crippen molar-refractivity contribution in [3.05, 3.63) is 114 Å². The highest BCUT2D eigenvalue weighted by Gasteiger charge is 2.32. The molecule has 0 saturated carbocycles. The first kappa shape index (κ1) is 17.9. The summed E-state index contributed by atoms with van der Waals surface area (Å²) < 4.78 is 13.3. The minimum absolute atomic E-state index is 0.185. The molecule has 4 heteroatoms. The normalized spacial score (nSPS) is 16.4. The standard InChI is InChI=1S/C24H19FN2O/c25-21-14-12-19(13-15-21)22-17-23(20-9-5-2-6-10-20)27(26-22)24(28)16-11-18-7-3-1-4-8-18/h1-16,23H,17H2/b16-11+. The van der Waals surface area contributed by atoms with Crippen molar-refractivity contribution in [2.24, 2.45) is 5.10 Å². The third-order valence-electron chi connectivity index (χ3n) is 4.72. The highest BCUT2D eigenvalue weighted by Crippen LogP contribution is 2.33. The Bertz CT molecular complexity index is 1010. The van der Waals surface area contributed by atoms with Gasteiger partial charge in [0, 0.05) is 12.5 Å². The topological polar surface area (TPSA) is 32.7 Å². The SMILES string of the molecule is O=C(/C=C/c1ccccc1)N1N=C(c2ccc(F)cc2)CC1c1ccccc1. The molecular weight excluding hydrogens is 351 g/mol. The number of halogens is 1. The van der Waals surface area contributed by atoms with Gasteiger partial charge in [-0.15, -0.1) is 0 Å². The molecule has 0 fully saturated rings. The van der Waals surface area contributed by atoms with Crippen LogP contribution in [0.3, 0.4) is 0 Å². The number of nitrogens with zero attached hydrogens (tertiary/aromatic N) is 2. The summed E-state index contributed by atoms with van der Waals surface area (Å²) in [6.07, 6.45) is 3.92. The highest BCUT2D eigenvalue weighted by atomic mass is 19.1. The van der Waals surface area contributed by atoms with E-state index in [2.05, 4.69) is 5.10 Å². The fraction of sp³-hybridized carbons (Fsp3) is 0.0833. The van der Waals surface area contributed by atoms with E-state index < -0.39 is 0 Å². The Morgan fingerprint density at radius 3 is 2.25 bits per heavy atom. The predicted molar refractivity (Wildman–Crippen MR) is 109 cm³/mol. The van der Waals surface area contributed by atoms with Crippen molar-refractivity contribution in [3.8, 4) is 0 Å². The molecule has 1 aliphatic rings. The van der Waals surface area contributed by atoms with E-state index in [4.69, 9.17) is 0 Å². The average molecular weight is 370 g/mol. The molecule has 0 radical (unpaired) electrons.